The van der Waals surface area contributed by atoms with Gasteiger partial charge >= 0.3 is 0 Å². The zero-order valence-corrected chi connectivity index (χ0v) is 6.07. The van der Waals surface area contributed by atoms with E-state index in [-0.39, 0.29) is 0 Å². The van der Waals surface area contributed by atoms with Gasteiger partial charge in [0.25, 0.3) is 0 Å². The van der Waals surface area contributed by atoms with Crippen LogP contribution in [0.25, 0.3) is 0 Å². The maximum Gasteiger partial charge on any atom is 0.0661 e. The minimum absolute atomic E-state index is 0.461. The van der Waals surface area contributed by atoms with Crippen molar-refractivity contribution in [2.75, 3.05) is 5.75 Å². The molecule has 0 amide bonds. The Morgan fingerprint density at radius 3 is 2.50 bits per heavy atom. The van der Waals surface area contributed by atoms with E-state index in [1.54, 1.807) is 0 Å². The topological polar surface area (TPSA) is 0 Å². The van der Waals surface area contributed by atoms with Crippen molar-refractivity contribution in [1.29, 1.82) is 0 Å². The van der Waals surface area contributed by atoms with Crippen molar-refractivity contribution in [1.82, 2.24) is 0 Å². The third-order valence-corrected chi connectivity index (χ3v) is 1.47. The number of hydrogen-bond acceptors (Lipinski definition) is 1. The SMILES string of the molecule is [B]C[C@@H](/C=C/C)CS. The molecule has 0 unspecified atom stereocenters. The van der Waals surface area contributed by atoms with Gasteiger partial charge in [0.15, 0.2) is 0 Å². The first-order chi connectivity index (χ1) is 3.85. The lowest BCUT2D eigenvalue weighted by molar-refractivity contribution is 0.846. The quantitative estimate of drug-likeness (QED) is 0.332. The molecule has 0 aliphatic heterocycles. The molecule has 0 saturated carbocycles. The van der Waals surface area contributed by atoms with Gasteiger partial charge < -0.3 is 0 Å². The highest BCUT2D eigenvalue weighted by Crippen LogP contribution is 2.04. The molecule has 2 heteroatoms. The Labute approximate surface area is 58.2 Å². The molecule has 8 heavy (non-hydrogen) atoms. The second kappa shape index (κ2) is 5.29. The van der Waals surface area contributed by atoms with Crippen LogP contribution in [0.15, 0.2) is 12.2 Å². The summed E-state index contributed by atoms with van der Waals surface area (Å²) in [6.45, 7) is 1.99. The maximum absolute atomic E-state index is 5.37. The molecular formula is C6H11BS. The molecule has 0 aliphatic rings. The Hall–Kier alpha value is 0.155. The minimum Gasteiger partial charge on any atom is -0.179 e. The molecule has 0 aromatic heterocycles. The molecule has 0 saturated heterocycles. The first-order valence-corrected chi connectivity index (χ1v) is 3.42. The Morgan fingerprint density at radius 2 is 2.38 bits per heavy atom. The van der Waals surface area contributed by atoms with E-state index in [1.807, 2.05) is 13.0 Å². The van der Waals surface area contributed by atoms with Crippen LogP contribution in [0.1, 0.15) is 6.92 Å². The molecule has 2 radical (unpaired) electrons. The lowest BCUT2D eigenvalue weighted by Gasteiger charge is -2.02. The van der Waals surface area contributed by atoms with Crippen molar-refractivity contribution in [3.05, 3.63) is 12.2 Å². The van der Waals surface area contributed by atoms with Crippen LogP contribution in [0.4, 0.5) is 0 Å². The first-order valence-electron chi connectivity index (χ1n) is 2.78. The molecule has 0 bridgehead atoms. The zero-order chi connectivity index (χ0) is 6.41. The van der Waals surface area contributed by atoms with Crippen LogP contribution < -0.4 is 0 Å². The summed E-state index contributed by atoms with van der Waals surface area (Å²) >= 11 is 4.10. The zero-order valence-electron chi connectivity index (χ0n) is 5.17. The van der Waals surface area contributed by atoms with Crippen LogP contribution >= 0.6 is 12.6 Å². The average molecular weight is 126 g/mol. The Morgan fingerprint density at radius 1 is 1.75 bits per heavy atom. The summed E-state index contributed by atoms with van der Waals surface area (Å²) < 4.78 is 0. The van der Waals surface area contributed by atoms with Gasteiger partial charge in [-0.05, 0) is 18.6 Å². The molecule has 0 nitrogen and oxygen atoms in total. The normalized spacial score (nSPS) is 14.8. The van der Waals surface area contributed by atoms with Gasteiger partial charge in [-0.1, -0.05) is 18.5 Å². The molecular weight excluding hydrogens is 115 g/mol. The number of hydrogen-bond donors (Lipinski definition) is 1. The minimum atomic E-state index is 0.461. The van der Waals surface area contributed by atoms with Gasteiger partial charge in [-0.25, -0.2) is 0 Å². The van der Waals surface area contributed by atoms with Gasteiger partial charge in [0, 0.05) is 0 Å². The molecule has 0 aromatic rings. The van der Waals surface area contributed by atoms with Crippen molar-refractivity contribution in [3.63, 3.8) is 0 Å². The van der Waals surface area contributed by atoms with Crippen molar-refractivity contribution in [2.45, 2.75) is 13.2 Å². The van der Waals surface area contributed by atoms with Crippen molar-refractivity contribution in [2.24, 2.45) is 5.92 Å². The monoisotopic (exact) mass is 126 g/mol. The molecule has 44 valence electrons. The van der Waals surface area contributed by atoms with Gasteiger partial charge in [-0.15, -0.1) is 0 Å². The highest BCUT2D eigenvalue weighted by Gasteiger charge is 1.93. The average Bonchev–Trinajstić information content (AvgIpc) is 1.83. The predicted octanol–water partition coefficient (Wildman–Crippen LogP) is 1.70. The van der Waals surface area contributed by atoms with E-state index < -0.39 is 0 Å². The van der Waals surface area contributed by atoms with Crippen molar-refractivity contribution in [3.8, 4) is 0 Å². The number of rotatable bonds is 3. The largest absolute Gasteiger partial charge is 0.179 e. The van der Waals surface area contributed by atoms with Crippen LogP contribution in [0, 0.1) is 5.92 Å². The Balaban J connectivity index is 3.36. The van der Waals surface area contributed by atoms with Gasteiger partial charge in [-0.3, -0.25) is 0 Å². The molecule has 0 rings (SSSR count). The van der Waals surface area contributed by atoms with Crippen LogP contribution in [0.3, 0.4) is 0 Å². The van der Waals surface area contributed by atoms with Gasteiger partial charge in [-0.2, -0.15) is 12.6 Å². The van der Waals surface area contributed by atoms with Crippen LogP contribution in [0.2, 0.25) is 6.32 Å². The third-order valence-electron chi connectivity index (χ3n) is 1.00. The summed E-state index contributed by atoms with van der Waals surface area (Å²) in [5.41, 5.74) is 0. The van der Waals surface area contributed by atoms with E-state index in [2.05, 4.69) is 18.7 Å². The van der Waals surface area contributed by atoms with Gasteiger partial charge in [0.2, 0.25) is 0 Å². The Bertz CT molecular complexity index is 66.9. The summed E-state index contributed by atoms with van der Waals surface area (Å²) in [7, 11) is 5.37. The molecule has 0 fully saturated rings. The van der Waals surface area contributed by atoms with Crippen molar-refractivity contribution >= 4 is 20.5 Å². The Kier molecular flexibility index (Phi) is 5.40. The van der Waals surface area contributed by atoms with Gasteiger partial charge in [0.1, 0.15) is 0 Å². The standard InChI is InChI=1S/C6H11BS/c1-2-3-6(4-7)5-8/h2-3,6,8H,4-5H2,1H3/b3-2+/t6-/m1/s1. The van der Waals surface area contributed by atoms with E-state index in [0.29, 0.717) is 12.2 Å². The highest BCUT2D eigenvalue weighted by molar-refractivity contribution is 7.80. The summed E-state index contributed by atoms with van der Waals surface area (Å²) in [6.07, 6.45) is 4.79. The second-order valence-electron chi connectivity index (χ2n) is 1.70. The van der Waals surface area contributed by atoms with E-state index >= 15 is 0 Å². The van der Waals surface area contributed by atoms with Crippen molar-refractivity contribution < 1.29 is 0 Å². The van der Waals surface area contributed by atoms with Crippen LogP contribution in [-0.2, 0) is 0 Å². The lowest BCUT2D eigenvalue weighted by atomic mass is 9.92. The first kappa shape index (κ1) is 8.15. The smallest absolute Gasteiger partial charge is 0.0661 e. The second-order valence-corrected chi connectivity index (χ2v) is 2.07. The fourth-order valence-corrected chi connectivity index (χ4v) is 0.757. The maximum atomic E-state index is 5.37. The number of thiol groups is 1. The summed E-state index contributed by atoms with van der Waals surface area (Å²) in [5, 5.41) is 0. The third kappa shape index (κ3) is 3.19. The lowest BCUT2D eigenvalue weighted by Crippen LogP contribution is -1.95. The highest BCUT2D eigenvalue weighted by atomic mass is 32.1. The molecule has 0 spiro atoms. The van der Waals surface area contributed by atoms with E-state index in [4.69, 9.17) is 7.85 Å². The van der Waals surface area contributed by atoms with E-state index in [0.717, 1.165) is 5.75 Å². The summed E-state index contributed by atoms with van der Waals surface area (Å²) in [4.78, 5) is 0. The van der Waals surface area contributed by atoms with Gasteiger partial charge in [0.05, 0.1) is 7.85 Å². The fraction of sp³-hybridized carbons (Fsp3) is 0.667. The van der Waals surface area contributed by atoms with Crippen LogP contribution in [0.5, 0.6) is 0 Å². The number of allylic oxidation sites excluding steroid dienone is 2. The molecule has 0 heterocycles. The molecule has 1 atom stereocenters. The van der Waals surface area contributed by atoms with E-state index in [9.17, 15) is 0 Å². The molecule has 0 N–H and O–H groups in total. The molecule has 0 aromatic carbocycles. The van der Waals surface area contributed by atoms with Crippen LogP contribution in [-0.4, -0.2) is 13.6 Å². The summed E-state index contributed by atoms with van der Waals surface area (Å²) in [6, 6.07) is 0. The molecule has 0 aliphatic carbocycles. The predicted molar refractivity (Wildman–Crippen MR) is 42.7 cm³/mol. The fourth-order valence-electron chi connectivity index (χ4n) is 0.486. The summed E-state index contributed by atoms with van der Waals surface area (Å²) in [5.74, 6) is 1.31. The van der Waals surface area contributed by atoms with E-state index in [1.165, 1.54) is 0 Å².